The minimum Gasteiger partial charge on any atom is -0.397 e. The van der Waals surface area contributed by atoms with Gasteiger partial charge in [-0.15, -0.1) is 0 Å². The van der Waals surface area contributed by atoms with Crippen LogP contribution in [0.15, 0.2) is 12.1 Å². The predicted molar refractivity (Wildman–Crippen MR) is 43.7 cm³/mol. The van der Waals surface area contributed by atoms with Crippen molar-refractivity contribution in [1.29, 1.82) is 0 Å². The van der Waals surface area contributed by atoms with Crippen molar-refractivity contribution in [3.63, 3.8) is 0 Å². The average Bonchev–Trinajstić information content (AvgIpc) is 1.99. The number of carbonyl (C=O) groups excluding carboxylic acids is 1. The van der Waals surface area contributed by atoms with Crippen molar-refractivity contribution in [2.75, 3.05) is 11.5 Å². The summed E-state index contributed by atoms with van der Waals surface area (Å²) in [6, 6.07) is 2.19. The third-order valence-electron chi connectivity index (χ3n) is 1.45. The molecule has 0 aliphatic heterocycles. The van der Waals surface area contributed by atoms with Gasteiger partial charge in [0.1, 0.15) is 5.82 Å². The molecule has 12 heavy (non-hydrogen) atoms. The van der Waals surface area contributed by atoms with Crippen LogP contribution < -0.4 is 17.2 Å². The molecule has 64 valence electrons. The van der Waals surface area contributed by atoms with Crippen molar-refractivity contribution in [2.45, 2.75) is 0 Å². The number of carbonyl (C=O) groups is 1. The zero-order chi connectivity index (χ0) is 9.30. The van der Waals surface area contributed by atoms with Crippen LogP contribution in [-0.4, -0.2) is 5.91 Å². The van der Waals surface area contributed by atoms with E-state index < -0.39 is 11.7 Å². The molecule has 0 aromatic heterocycles. The summed E-state index contributed by atoms with van der Waals surface area (Å²) in [4.78, 5) is 10.6. The van der Waals surface area contributed by atoms with Gasteiger partial charge in [-0.1, -0.05) is 0 Å². The molecule has 0 unspecified atom stereocenters. The number of halogens is 1. The normalized spacial score (nSPS) is 9.75. The summed E-state index contributed by atoms with van der Waals surface area (Å²) in [5, 5.41) is 0. The van der Waals surface area contributed by atoms with E-state index >= 15 is 0 Å². The molecule has 5 heteroatoms. The lowest BCUT2D eigenvalue weighted by molar-refractivity contribution is 0.1000. The number of rotatable bonds is 1. The lowest BCUT2D eigenvalue weighted by atomic mass is 10.1. The van der Waals surface area contributed by atoms with E-state index in [2.05, 4.69) is 0 Å². The third kappa shape index (κ3) is 1.29. The molecule has 0 aliphatic rings. The largest absolute Gasteiger partial charge is 0.397 e. The number of primary amides is 1. The van der Waals surface area contributed by atoms with Crippen molar-refractivity contribution in [3.8, 4) is 0 Å². The van der Waals surface area contributed by atoms with Crippen LogP contribution in [0.4, 0.5) is 15.8 Å². The number of nitrogen functional groups attached to an aromatic ring is 2. The average molecular weight is 169 g/mol. The van der Waals surface area contributed by atoms with Crippen LogP contribution in [0.2, 0.25) is 0 Å². The second-order valence-corrected chi connectivity index (χ2v) is 2.33. The van der Waals surface area contributed by atoms with E-state index in [4.69, 9.17) is 17.2 Å². The fourth-order valence-corrected chi connectivity index (χ4v) is 0.781. The molecule has 0 fully saturated rings. The summed E-state index contributed by atoms with van der Waals surface area (Å²) < 4.78 is 12.8. The predicted octanol–water partition coefficient (Wildman–Crippen LogP) is 0.0890. The Balaban J connectivity index is 3.31. The standard InChI is InChI=1S/C7H8FN3O/c8-4-1-3(7(11)12)2-5(9)6(4)10/h1-2H,9-10H2,(H2,11,12). The highest BCUT2D eigenvalue weighted by Gasteiger charge is 2.08. The maximum Gasteiger partial charge on any atom is 0.248 e. The van der Waals surface area contributed by atoms with Gasteiger partial charge in [0.05, 0.1) is 11.4 Å². The Kier molecular flexibility index (Phi) is 1.86. The summed E-state index contributed by atoms with van der Waals surface area (Å²) in [5.41, 5.74) is 15.2. The van der Waals surface area contributed by atoms with Crippen LogP contribution in [0.1, 0.15) is 10.4 Å². The second-order valence-electron chi connectivity index (χ2n) is 2.33. The summed E-state index contributed by atoms with van der Waals surface area (Å²) in [6.45, 7) is 0. The van der Waals surface area contributed by atoms with Crippen LogP contribution in [0.3, 0.4) is 0 Å². The van der Waals surface area contributed by atoms with Gasteiger partial charge in [-0.25, -0.2) is 4.39 Å². The van der Waals surface area contributed by atoms with Gasteiger partial charge in [-0.05, 0) is 12.1 Å². The second kappa shape index (κ2) is 2.69. The van der Waals surface area contributed by atoms with E-state index in [0.717, 1.165) is 6.07 Å². The van der Waals surface area contributed by atoms with Crippen molar-refractivity contribution in [3.05, 3.63) is 23.5 Å². The highest BCUT2D eigenvalue weighted by molar-refractivity contribution is 5.94. The molecule has 0 saturated carbocycles. The Hall–Kier alpha value is -1.78. The van der Waals surface area contributed by atoms with Crippen molar-refractivity contribution in [1.82, 2.24) is 0 Å². The van der Waals surface area contributed by atoms with Crippen LogP contribution in [0.25, 0.3) is 0 Å². The van der Waals surface area contributed by atoms with Gasteiger partial charge in [-0.3, -0.25) is 4.79 Å². The molecule has 0 heterocycles. The maximum absolute atomic E-state index is 12.8. The first kappa shape index (κ1) is 8.32. The quantitative estimate of drug-likeness (QED) is 0.520. The first-order valence-corrected chi connectivity index (χ1v) is 3.16. The minimum absolute atomic E-state index is 0.0131. The molecule has 0 aliphatic carbocycles. The molecular weight excluding hydrogens is 161 g/mol. The lowest BCUT2D eigenvalue weighted by Gasteiger charge is -2.02. The molecule has 0 saturated heterocycles. The Morgan fingerprint density at radius 3 is 2.33 bits per heavy atom. The summed E-state index contributed by atoms with van der Waals surface area (Å²) in [5.74, 6) is -1.47. The monoisotopic (exact) mass is 169 g/mol. The van der Waals surface area contributed by atoms with E-state index in [1.807, 2.05) is 0 Å². The van der Waals surface area contributed by atoms with Gasteiger partial charge in [0.15, 0.2) is 0 Å². The van der Waals surface area contributed by atoms with Gasteiger partial charge < -0.3 is 17.2 Å². The van der Waals surface area contributed by atoms with Crippen LogP contribution in [-0.2, 0) is 0 Å². The fourth-order valence-electron chi connectivity index (χ4n) is 0.781. The van der Waals surface area contributed by atoms with Gasteiger partial charge in [0, 0.05) is 5.56 Å². The number of amides is 1. The van der Waals surface area contributed by atoms with Crippen molar-refractivity contribution >= 4 is 17.3 Å². The summed E-state index contributed by atoms with van der Waals surface area (Å²) >= 11 is 0. The van der Waals surface area contributed by atoms with Crippen LogP contribution in [0.5, 0.6) is 0 Å². The van der Waals surface area contributed by atoms with Crippen molar-refractivity contribution < 1.29 is 9.18 Å². The highest BCUT2D eigenvalue weighted by atomic mass is 19.1. The Morgan fingerprint density at radius 1 is 1.33 bits per heavy atom. The number of hydrogen-bond acceptors (Lipinski definition) is 3. The van der Waals surface area contributed by atoms with E-state index in [9.17, 15) is 9.18 Å². The number of benzene rings is 1. The molecule has 6 N–H and O–H groups in total. The van der Waals surface area contributed by atoms with E-state index in [1.165, 1.54) is 6.07 Å². The first-order chi connectivity index (χ1) is 5.52. The van der Waals surface area contributed by atoms with Gasteiger partial charge >= 0.3 is 0 Å². The van der Waals surface area contributed by atoms with Crippen molar-refractivity contribution in [2.24, 2.45) is 5.73 Å². The number of nitrogens with two attached hydrogens (primary N) is 3. The molecule has 1 rings (SSSR count). The fraction of sp³-hybridized carbons (Fsp3) is 0. The molecule has 0 atom stereocenters. The SMILES string of the molecule is NC(=O)c1cc(N)c(N)c(F)c1. The molecule has 1 aromatic carbocycles. The smallest absolute Gasteiger partial charge is 0.248 e. The first-order valence-electron chi connectivity index (χ1n) is 3.16. The third-order valence-corrected chi connectivity index (χ3v) is 1.45. The van der Waals surface area contributed by atoms with E-state index in [1.54, 1.807) is 0 Å². The lowest BCUT2D eigenvalue weighted by Crippen LogP contribution is -2.12. The Bertz CT molecular complexity index is 314. The zero-order valence-corrected chi connectivity index (χ0v) is 6.17. The molecule has 1 amide bonds. The van der Waals surface area contributed by atoms with Gasteiger partial charge in [0.2, 0.25) is 5.91 Å². The summed E-state index contributed by atoms with van der Waals surface area (Å²) in [7, 11) is 0. The summed E-state index contributed by atoms with van der Waals surface area (Å²) in [6.07, 6.45) is 0. The van der Waals surface area contributed by atoms with Gasteiger partial charge in [0.25, 0.3) is 0 Å². The highest BCUT2D eigenvalue weighted by Crippen LogP contribution is 2.20. The zero-order valence-electron chi connectivity index (χ0n) is 6.17. The molecule has 1 aromatic rings. The number of hydrogen-bond donors (Lipinski definition) is 3. The van der Waals surface area contributed by atoms with E-state index in [0.29, 0.717) is 0 Å². The van der Waals surface area contributed by atoms with Gasteiger partial charge in [-0.2, -0.15) is 0 Å². The molecule has 4 nitrogen and oxygen atoms in total. The Labute approximate surface area is 68.1 Å². The molecule has 0 radical (unpaired) electrons. The minimum atomic E-state index is -0.736. The number of anilines is 2. The molecule has 0 bridgehead atoms. The van der Waals surface area contributed by atoms with Crippen LogP contribution >= 0.6 is 0 Å². The molecular formula is C7H8FN3O. The Morgan fingerprint density at radius 2 is 1.92 bits per heavy atom. The topological polar surface area (TPSA) is 95.1 Å². The van der Waals surface area contributed by atoms with Crippen LogP contribution in [0, 0.1) is 5.82 Å². The molecule has 0 spiro atoms. The maximum atomic E-state index is 12.8. The van der Waals surface area contributed by atoms with E-state index in [-0.39, 0.29) is 16.9 Å².